The topological polar surface area (TPSA) is 79.9 Å². The molecule has 0 fully saturated rings. The van der Waals surface area contributed by atoms with E-state index in [1.165, 1.54) is 33.6 Å². The first-order chi connectivity index (χ1) is 12.5. The zero-order valence-electron chi connectivity index (χ0n) is 14.5. The summed E-state index contributed by atoms with van der Waals surface area (Å²) in [6.45, 7) is 0.473. The molecule has 138 valence electrons. The van der Waals surface area contributed by atoms with Crippen molar-refractivity contribution in [2.75, 3.05) is 26.4 Å². The predicted molar refractivity (Wildman–Crippen MR) is 104 cm³/mol. The van der Waals surface area contributed by atoms with Crippen molar-refractivity contribution >= 4 is 34.0 Å². The minimum Gasteiger partial charge on any atom is -0.468 e. The molecule has 0 aliphatic heterocycles. The molecule has 0 aromatic carbocycles. The smallest absolute Gasteiger partial charge is 0.258 e. The van der Waals surface area contributed by atoms with Crippen molar-refractivity contribution in [2.24, 2.45) is 0 Å². The summed E-state index contributed by atoms with van der Waals surface area (Å²) >= 11 is 2.85. The molecule has 1 unspecified atom stereocenters. The molecule has 1 amide bonds. The van der Waals surface area contributed by atoms with Crippen molar-refractivity contribution in [3.8, 4) is 0 Å². The summed E-state index contributed by atoms with van der Waals surface area (Å²) < 4.78 is 6.95. The lowest BCUT2D eigenvalue weighted by Gasteiger charge is -2.22. The second-order valence-corrected chi connectivity index (χ2v) is 7.79. The van der Waals surface area contributed by atoms with Gasteiger partial charge in [0.25, 0.3) is 5.56 Å². The number of nitrogens with zero attached hydrogens (tertiary/aromatic N) is 3. The molecule has 0 spiro atoms. The summed E-state index contributed by atoms with van der Waals surface area (Å²) in [6.07, 6.45) is 3.34. The molecule has 3 aromatic heterocycles. The molecule has 0 saturated carbocycles. The maximum atomic E-state index is 12.1. The molecule has 3 aromatic rings. The van der Waals surface area contributed by atoms with Crippen LogP contribution in [0.4, 0.5) is 0 Å². The zero-order chi connectivity index (χ0) is 18.5. The summed E-state index contributed by atoms with van der Waals surface area (Å²) in [5.74, 6) is 1.59. The van der Waals surface area contributed by atoms with E-state index in [-0.39, 0.29) is 17.5 Å². The number of amides is 1. The van der Waals surface area contributed by atoms with Gasteiger partial charge < -0.3 is 9.73 Å². The van der Waals surface area contributed by atoms with Crippen LogP contribution in [0.15, 0.2) is 45.3 Å². The first-order valence-electron chi connectivity index (χ1n) is 8.04. The quantitative estimate of drug-likeness (QED) is 0.632. The van der Waals surface area contributed by atoms with E-state index in [0.717, 1.165) is 5.76 Å². The molecule has 1 atom stereocenters. The number of furan rings is 1. The van der Waals surface area contributed by atoms with Gasteiger partial charge in [-0.25, -0.2) is 4.98 Å². The van der Waals surface area contributed by atoms with E-state index in [0.29, 0.717) is 28.7 Å². The molecule has 7 nitrogen and oxygen atoms in total. The summed E-state index contributed by atoms with van der Waals surface area (Å²) in [4.78, 5) is 31.1. The van der Waals surface area contributed by atoms with E-state index >= 15 is 0 Å². The Morgan fingerprint density at radius 3 is 3.08 bits per heavy atom. The fourth-order valence-corrected chi connectivity index (χ4v) is 3.98. The highest BCUT2D eigenvalue weighted by Gasteiger charge is 2.17. The molecule has 3 rings (SSSR count). The Kier molecular flexibility index (Phi) is 6.12. The molecule has 0 saturated heterocycles. The van der Waals surface area contributed by atoms with Crippen LogP contribution in [0.25, 0.3) is 4.96 Å². The molecule has 26 heavy (non-hydrogen) atoms. The van der Waals surface area contributed by atoms with E-state index in [2.05, 4.69) is 10.3 Å². The normalized spacial score (nSPS) is 12.6. The Morgan fingerprint density at radius 1 is 1.50 bits per heavy atom. The van der Waals surface area contributed by atoms with Gasteiger partial charge in [-0.05, 0) is 26.2 Å². The van der Waals surface area contributed by atoms with Crippen LogP contribution in [0.5, 0.6) is 0 Å². The third kappa shape index (κ3) is 4.54. The van der Waals surface area contributed by atoms with Crippen molar-refractivity contribution in [2.45, 2.75) is 11.8 Å². The van der Waals surface area contributed by atoms with Gasteiger partial charge in [-0.2, -0.15) is 0 Å². The van der Waals surface area contributed by atoms with E-state index in [9.17, 15) is 9.59 Å². The van der Waals surface area contributed by atoms with Gasteiger partial charge in [0.2, 0.25) is 5.91 Å². The lowest BCUT2D eigenvalue weighted by Crippen LogP contribution is -2.35. The molecular weight excluding hydrogens is 372 g/mol. The lowest BCUT2D eigenvalue weighted by molar-refractivity contribution is -0.118. The monoisotopic (exact) mass is 392 g/mol. The van der Waals surface area contributed by atoms with E-state index in [4.69, 9.17) is 4.42 Å². The molecule has 1 N–H and O–H groups in total. The van der Waals surface area contributed by atoms with Gasteiger partial charge in [0.1, 0.15) is 5.76 Å². The van der Waals surface area contributed by atoms with E-state index < -0.39 is 0 Å². The Hall–Kier alpha value is -2.10. The van der Waals surface area contributed by atoms with Crippen molar-refractivity contribution < 1.29 is 9.21 Å². The number of aromatic nitrogens is 2. The predicted octanol–water partition coefficient (Wildman–Crippen LogP) is 2.00. The minimum absolute atomic E-state index is 0.0121. The Balaban J connectivity index is 1.48. The molecular formula is C17H20N4O3S2. The maximum absolute atomic E-state index is 12.1. The Morgan fingerprint density at radius 2 is 2.35 bits per heavy atom. The zero-order valence-corrected chi connectivity index (χ0v) is 16.2. The summed E-state index contributed by atoms with van der Waals surface area (Å²) in [6, 6.07) is 5.24. The van der Waals surface area contributed by atoms with Crippen LogP contribution >= 0.6 is 23.1 Å². The minimum atomic E-state index is -0.0939. The van der Waals surface area contributed by atoms with Crippen LogP contribution in [0.2, 0.25) is 0 Å². The number of carbonyl (C=O) groups excluding carboxylic acids is 1. The van der Waals surface area contributed by atoms with Gasteiger partial charge in [0.05, 0.1) is 23.8 Å². The number of carbonyl (C=O) groups is 1. The number of fused-ring (bicyclic) bond motifs is 1. The fraction of sp³-hybridized carbons (Fsp3) is 0.353. The van der Waals surface area contributed by atoms with Crippen molar-refractivity contribution in [1.29, 1.82) is 0 Å². The third-order valence-electron chi connectivity index (χ3n) is 3.83. The van der Waals surface area contributed by atoms with Crippen molar-refractivity contribution in [1.82, 2.24) is 19.6 Å². The summed E-state index contributed by atoms with van der Waals surface area (Å²) in [7, 11) is 3.89. The van der Waals surface area contributed by atoms with Crippen LogP contribution in [0.3, 0.4) is 0 Å². The highest BCUT2D eigenvalue weighted by molar-refractivity contribution is 7.99. The first-order valence-corrected chi connectivity index (χ1v) is 10.1. The van der Waals surface area contributed by atoms with Gasteiger partial charge >= 0.3 is 0 Å². The third-order valence-corrected chi connectivity index (χ3v) is 5.55. The molecule has 0 aliphatic rings. The Bertz CT molecular complexity index is 918. The van der Waals surface area contributed by atoms with Crippen LogP contribution < -0.4 is 10.9 Å². The second-order valence-electron chi connectivity index (χ2n) is 5.93. The average molecular weight is 393 g/mol. The average Bonchev–Trinajstić information content (AvgIpc) is 3.26. The summed E-state index contributed by atoms with van der Waals surface area (Å²) in [5, 5.41) is 4.76. The van der Waals surface area contributed by atoms with Crippen LogP contribution in [0.1, 0.15) is 17.5 Å². The molecule has 0 aliphatic carbocycles. The van der Waals surface area contributed by atoms with Crippen LogP contribution in [-0.4, -0.2) is 46.6 Å². The van der Waals surface area contributed by atoms with Gasteiger partial charge in [-0.15, -0.1) is 23.1 Å². The van der Waals surface area contributed by atoms with E-state index in [1.807, 2.05) is 36.5 Å². The fourth-order valence-electron chi connectivity index (χ4n) is 2.49. The van der Waals surface area contributed by atoms with Gasteiger partial charge in [-0.1, -0.05) is 0 Å². The van der Waals surface area contributed by atoms with Crippen molar-refractivity contribution in [3.63, 3.8) is 0 Å². The highest BCUT2D eigenvalue weighted by Crippen LogP contribution is 2.18. The maximum Gasteiger partial charge on any atom is 0.258 e. The number of nitrogens with one attached hydrogen (secondary N) is 1. The molecule has 0 radical (unpaired) electrons. The number of hydrogen-bond acceptors (Lipinski definition) is 7. The number of thioether (sulfide) groups is 1. The van der Waals surface area contributed by atoms with Gasteiger partial charge in [0.15, 0.2) is 4.96 Å². The lowest BCUT2D eigenvalue weighted by atomic mass is 10.2. The highest BCUT2D eigenvalue weighted by atomic mass is 32.2. The standard InChI is InChI=1S/C17H20N4O3S2/c1-20(2)13(14-4-3-6-24-14)9-18-15(22)11-25-10-12-8-16(23)21-5-7-26-17(21)19-12/h3-8,13H,9-11H2,1-2H3,(H,18,22). The largest absolute Gasteiger partial charge is 0.468 e. The summed E-state index contributed by atoms with van der Waals surface area (Å²) in [5.41, 5.74) is 0.598. The second kappa shape index (κ2) is 8.52. The number of thiazole rings is 1. The van der Waals surface area contributed by atoms with Gasteiger partial charge in [0, 0.05) is 29.9 Å². The molecule has 3 heterocycles. The van der Waals surface area contributed by atoms with Gasteiger partial charge in [-0.3, -0.25) is 18.9 Å². The van der Waals surface area contributed by atoms with Crippen LogP contribution in [-0.2, 0) is 10.5 Å². The van der Waals surface area contributed by atoms with E-state index in [1.54, 1.807) is 12.5 Å². The van der Waals surface area contributed by atoms with Crippen molar-refractivity contribution in [3.05, 3.63) is 57.8 Å². The molecule has 9 heteroatoms. The number of hydrogen-bond donors (Lipinski definition) is 1. The SMILES string of the molecule is CN(C)C(CNC(=O)CSCc1cc(=O)n2ccsc2n1)c1ccco1. The Labute approximate surface area is 159 Å². The molecule has 0 bridgehead atoms. The van der Waals surface area contributed by atoms with Crippen LogP contribution in [0, 0.1) is 0 Å². The first kappa shape index (κ1) is 18.7. The number of likely N-dealkylation sites (N-methyl/N-ethyl adjacent to an activating group) is 1. The number of rotatable bonds is 8.